The largest absolute Gasteiger partial charge is 0.481 e. The third kappa shape index (κ3) is 12.6. The third-order valence-corrected chi connectivity index (χ3v) is 3.54. The SMILES string of the molecule is CC(C)(S)CCC(CCC(=O)O)CCC(C)(C)S. The van der Waals surface area contributed by atoms with Gasteiger partial charge in [-0.05, 0) is 38.0 Å². The molecule has 0 spiro atoms. The van der Waals surface area contributed by atoms with Crippen LogP contribution in [-0.4, -0.2) is 20.6 Å². The first kappa shape index (κ1) is 18.2. The lowest BCUT2D eigenvalue weighted by molar-refractivity contribution is -0.137. The molecule has 0 aliphatic carbocycles. The second kappa shape index (κ2) is 7.68. The molecule has 0 atom stereocenters. The van der Waals surface area contributed by atoms with Gasteiger partial charge in [-0.3, -0.25) is 4.79 Å². The molecule has 4 heteroatoms. The van der Waals surface area contributed by atoms with Crippen LogP contribution in [0.15, 0.2) is 0 Å². The molecule has 0 heterocycles. The Balaban J connectivity index is 4.20. The van der Waals surface area contributed by atoms with E-state index in [0.29, 0.717) is 5.92 Å². The molecule has 0 aromatic heterocycles. The highest BCUT2D eigenvalue weighted by molar-refractivity contribution is 7.81. The molecule has 0 fully saturated rings. The van der Waals surface area contributed by atoms with Crippen LogP contribution in [0.25, 0.3) is 0 Å². The Labute approximate surface area is 123 Å². The molecule has 2 nitrogen and oxygen atoms in total. The maximum Gasteiger partial charge on any atom is 0.303 e. The van der Waals surface area contributed by atoms with E-state index >= 15 is 0 Å². The van der Waals surface area contributed by atoms with Crippen molar-refractivity contribution in [3.8, 4) is 0 Å². The average Bonchev–Trinajstić information content (AvgIpc) is 2.13. The zero-order valence-electron chi connectivity index (χ0n) is 12.1. The molecule has 0 amide bonds. The van der Waals surface area contributed by atoms with Crippen LogP contribution in [0.2, 0.25) is 0 Å². The molecule has 0 aromatic carbocycles. The van der Waals surface area contributed by atoms with E-state index in [1.165, 1.54) is 0 Å². The molecule has 0 rings (SSSR count). The van der Waals surface area contributed by atoms with Crippen LogP contribution in [0, 0.1) is 5.92 Å². The van der Waals surface area contributed by atoms with Crippen LogP contribution in [0.3, 0.4) is 0 Å². The van der Waals surface area contributed by atoms with E-state index in [4.69, 9.17) is 5.11 Å². The van der Waals surface area contributed by atoms with Crippen molar-refractivity contribution in [2.24, 2.45) is 5.92 Å². The summed E-state index contributed by atoms with van der Waals surface area (Å²) >= 11 is 9.06. The molecule has 0 radical (unpaired) electrons. The van der Waals surface area contributed by atoms with Gasteiger partial charge in [-0.25, -0.2) is 0 Å². The van der Waals surface area contributed by atoms with Gasteiger partial charge in [-0.1, -0.05) is 27.7 Å². The summed E-state index contributed by atoms with van der Waals surface area (Å²) in [5, 5.41) is 8.79. The normalized spacial score (nSPS) is 13.1. The first-order chi connectivity index (χ1) is 7.99. The minimum absolute atomic E-state index is 0.0258. The number of aliphatic carboxylic acids is 1. The highest BCUT2D eigenvalue weighted by Gasteiger charge is 2.20. The fraction of sp³-hybridized carbons (Fsp3) is 0.929. The quantitative estimate of drug-likeness (QED) is 0.549. The Morgan fingerprint density at radius 3 is 1.67 bits per heavy atom. The molecule has 0 aliphatic rings. The van der Waals surface area contributed by atoms with E-state index in [-0.39, 0.29) is 15.9 Å². The van der Waals surface area contributed by atoms with E-state index in [0.717, 1.165) is 32.1 Å². The van der Waals surface area contributed by atoms with Crippen molar-refractivity contribution in [1.29, 1.82) is 0 Å². The lowest BCUT2D eigenvalue weighted by Crippen LogP contribution is -2.17. The van der Waals surface area contributed by atoms with Crippen molar-refractivity contribution in [1.82, 2.24) is 0 Å². The highest BCUT2D eigenvalue weighted by atomic mass is 32.1. The van der Waals surface area contributed by atoms with Crippen LogP contribution < -0.4 is 0 Å². The summed E-state index contributed by atoms with van der Waals surface area (Å²) in [6.45, 7) is 8.42. The molecule has 18 heavy (non-hydrogen) atoms. The summed E-state index contributed by atoms with van der Waals surface area (Å²) in [6.07, 6.45) is 5.18. The predicted molar refractivity (Wildman–Crippen MR) is 85.0 cm³/mol. The highest BCUT2D eigenvalue weighted by Crippen LogP contribution is 2.30. The van der Waals surface area contributed by atoms with Gasteiger partial charge in [0.15, 0.2) is 0 Å². The summed E-state index contributed by atoms with van der Waals surface area (Å²) in [5.41, 5.74) is 0. The molecule has 0 aliphatic heterocycles. The standard InChI is InChI=1S/C14H28O2S2/c1-13(2,17)9-7-11(5-6-12(15)16)8-10-14(3,4)18/h11,17-18H,5-10H2,1-4H3,(H,15,16). The monoisotopic (exact) mass is 292 g/mol. The van der Waals surface area contributed by atoms with Crippen molar-refractivity contribution in [3.05, 3.63) is 0 Å². The van der Waals surface area contributed by atoms with Crippen LogP contribution >= 0.6 is 25.3 Å². The van der Waals surface area contributed by atoms with Gasteiger partial charge in [0.2, 0.25) is 0 Å². The number of thiol groups is 2. The predicted octanol–water partition coefficient (Wildman–Crippen LogP) is 4.44. The Morgan fingerprint density at radius 1 is 1.00 bits per heavy atom. The van der Waals surface area contributed by atoms with Gasteiger partial charge in [0, 0.05) is 15.9 Å². The molecule has 0 bridgehead atoms. The molecule has 0 aromatic rings. The number of hydrogen-bond acceptors (Lipinski definition) is 3. The van der Waals surface area contributed by atoms with Crippen LogP contribution in [0.5, 0.6) is 0 Å². The number of hydrogen-bond donors (Lipinski definition) is 3. The Bertz CT molecular complexity index is 234. The summed E-state index contributed by atoms with van der Waals surface area (Å²) in [5.74, 6) is -0.228. The zero-order valence-corrected chi connectivity index (χ0v) is 13.9. The van der Waals surface area contributed by atoms with Crippen LogP contribution in [0.4, 0.5) is 0 Å². The number of carboxylic acids is 1. The fourth-order valence-corrected chi connectivity index (χ4v) is 2.13. The van der Waals surface area contributed by atoms with Crippen LogP contribution in [0.1, 0.15) is 66.2 Å². The molecule has 108 valence electrons. The summed E-state index contributed by atoms with van der Waals surface area (Å²) in [6, 6.07) is 0. The topological polar surface area (TPSA) is 37.3 Å². The second-order valence-electron chi connectivity index (χ2n) is 6.50. The Hall–Kier alpha value is 0.170. The Kier molecular flexibility index (Phi) is 7.76. The van der Waals surface area contributed by atoms with Gasteiger partial charge in [0.25, 0.3) is 0 Å². The molecule has 1 N–H and O–H groups in total. The number of carbonyl (C=O) groups is 1. The van der Waals surface area contributed by atoms with Gasteiger partial charge in [-0.15, -0.1) is 0 Å². The summed E-state index contributed by atoms with van der Waals surface area (Å²) in [4.78, 5) is 10.7. The van der Waals surface area contributed by atoms with E-state index in [9.17, 15) is 4.79 Å². The van der Waals surface area contributed by atoms with E-state index in [2.05, 4.69) is 53.0 Å². The zero-order chi connectivity index (χ0) is 14.4. The van der Waals surface area contributed by atoms with Crippen LogP contribution in [-0.2, 0) is 4.79 Å². The van der Waals surface area contributed by atoms with Gasteiger partial charge in [0.05, 0.1) is 0 Å². The molecular formula is C14H28O2S2. The first-order valence-electron chi connectivity index (χ1n) is 6.66. The lowest BCUT2D eigenvalue weighted by Gasteiger charge is -2.25. The maximum absolute atomic E-state index is 10.7. The first-order valence-corrected chi connectivity index (χ1v) is 7.55. The van der Waals surface area contributed by atoms with E-state index < -0.39 is 5.97 Å². The molecule has 0 unspecified atom stereocenters. The third-order valence-electron chi connectivity index (χ3n) is 3.10. The van der Waals surface area contributed by atoms with Crippen molar-refractivity contribution < 1.29 is 9.90 Å². The minimum atomic E-state index is -0.699. The lowest BCUT2D eigenvalue weighted by atomic mass is 9.87. The van der Waals surface area contributed by atoms with E-state index in [1.54, 1.807) is 0 Å². The molecule has 0 saturated heterocycles. The smallest absolute Gasteiger partial charge is 0.303 e. The number of carboxylic acid groups (broad SMARTS) is 1. The average molecular weight is 293 g/mol. The maximum atomic E-state index is 10.7. The van der Waals surface area contributed by atoms with Crippen molar-refractivity contribution in [2.75, 3.05) is 0 Å². The summed E-state index contributed by atoms with van der Waals surface area (Å²) in [7, 11) is 0. The number of rotatable bonds is 9. The molecule has 0 saturated carbocycles. The van der Waals surface area contributed by atoms with Gasteiger partial charge < -0.3 is 5.11 Å². The minimum Gasteiger partial charge on any atom is -0.481 e. The Morgan fingerprint density at radius 2 is 1.39 bits per heavy atom. The fourth-order valence-electron chi connectivity index (χ4n) is 1.88. The molecular weight excluding hydrogens is 264 g/mol. The second-order valence-corrected chi connectivity index (χ2v) is 8.92. The van der Waals surface area contributed by atoms with Gasteiger partial charge in [0.1, 0.15) is 0 Å². The van der Waals surface area contributed by atoms with Gasteiger partial charge >= 0.3 is 5.97 Å². The van der Waals surface area contributed by atoms with E-state index in [1.807, 2.05) is 0 Å². The summed E-state index contributed by atoms with van der Waals surface area (Å²) < 4.78 is 0.0515. The van der Waals surface area contributed by atoms with Gasteiger partial charge in [-0.2, -0.15) is 25.3 Å². The van der Waals surface area contributed by atoms with Crippen molar-refractivity contribution in [3.63, 3.8) is 0 Å². The van der Waals surface area contributed by atoms with Crippen molar-refractivity contribution >= 4 is 31.2 Å². The van der Waals surface area contributed by atoms with Crippen molar-refractivity contribution in [2.45, 2.75) is 75.7 Å².